The van der Waals surface area contributed by atoms with E-state index in [1.807, 2.05) is 54.6 Å². The molecule has 0 aliphatic carbocycles. The van der Waals surface area contributed by atoms with Gasteiger partial charge in [-0.1, -0.05) is 48.5 Å². The lowest BCUT2D eigenvalue weighted by atomic mass is 10.1. The molecule has 0 aliphatic rings. The average Bonchev–Trinajstić information content (AvgIpc) is 3.26. The number of benzene rings is 3. The number of ether oxygens (including phenoxy) is 1. The summed E-state index contributed by atoms with van der Waals surface area (Å²) >= 11 is 0. The van der Waals surface area contributed by atoms with Crippen LogP contribution < -0.4 is 4.74 Å². The fourth-order valence-corrected chi connectivity index (χ4v) is 3.69. The summed E-state index contributed by atoms with van der Waals surface area (Å²) in [6.07, 6.45) is 0.368. The van der Waals surface area contributed by atoms with E-state index in [0.717, 1.165) is 10.9 Å². The van der Waals surface area contributed by atoms with E-state index < -0.39 is 5.97 Å². The van der Waals surface area contributed by atoms with Crippen molar-refractivity contribution >= 4 is 22.7 Å². The Labute approximate surface area is 192 Å². The molecule has 0 fully saturated rings. The Balaban J connectivity index is 1.47. The van der Waals surface area contributed by atoms with Gasteiger partial charge in [-0.25, -0.2) is 0 Å². The van der Waals surface area contributed by atoms with E-state index in [1.165, 1.54) is 0 Å². The molecule has 0 bridgehead atoms. The number of aliphatic carboxylic acids is 1. The Morgan fingerprint density at radius 2 is 1.67 bits per heavy atom. The molecule has 0 saturated carbocycles. The second kappa shape index (κ2) is 10.1. The van der Waals surface area contributed by atoms with E-state index in [0.29, 0.717) is 35.6 Å². The normalized spacial score (nSPS) is 12.1. The number of likely N-dealkylation sites (N-methyl/N-ethyl adjacent to an activating group) is 1. The summed E-state index contributed by atoms with van der Waals surface area (Å²) in [5.74, 6) is -0.119. The van der Waals surface area contributed by atoms with E-state index in [9.17, 15) is 9.59 Å². The Morgan fingerprint density at radius 3 is 2.36 bits per heavy atom. The number of nitrogens with zero attached hydrogens (tertiary/aromatic N) is 1. The first-order valence-electron chi connectivity index (χ1n) is 10.7. The molecule has 0 aliphatic heterocycles. The van der Waals surface area contributed by atoms with Gasteiger partial charge in [0.1, 0.15) is 17.4 Å². The molecule has 1 N–H and O–H groups in total. The number of fused-ring (bicyclic) bond motifs is 1. The molecular formula is C27H25NO5. The highest BCUT2D eigenvalue weighted by molar-refractivity contribution is 6.09. The highest BCUT2D eigenvalue weighted by atomic mass is 16.5. The predicted molar refractivity (Wildman–Crippen MR) is 126 cm³/mol. The van der Waals surface area contributed by atoms with Crippen molar-refractivity contribution in [3.63, 3.8) is 0 Å². The van der Waals surface area contributed by atoms with Gasteiger partial charge in [0.15, 0.2) is 5.76 Å². The van der Waals surface area contributed by atoms with E-state index >= 15 is 0 Å². The van der Waals surface area contributed by atoms with Crippen LogP contribution in [0.25, 0.3) is 11.0 Å². The molecule has 1 unspecified atom stereocenters. The van der Waals surface area contributed by atoms with Crippen LogP contribution in [0.3, 0.4) is 0 Å². The maximum Gasteiger partial charge on any atom is 0.317 e. The molecule has 4 rings (SSSR count). The van der Waals surface area contributed by atoms with E-state index in [4.69, 9.17) is 14.3 Å². The Hall–Kier alpha value is -3.90. The monoisotopic (exact) mass is 443 g/mol. The molecule has 3 aromatic carbocycles. The highest BCUT2D eigenvalue weighted by Gasteiger charge is 2.17. The van der Waals surface area contributed by atoms with Crippen LogP contribution in [0, 0.1) is 0 Å². The Bertz CT molecular complexity index is 1200. The highest BCUT2D eigenvalue weighted by Crippen LogP contribution is 2.27. The zero-order valence-corrected chi connectivity index (χ0v) is 18.3. The van der Waals surface area contributed by atoms with Crippen LogP contribution in [0.5, 0.6) is 5.75 Å². The Morgan fingerprint density at radius 1 is 0.970 bits per heavy atom. The minimum atomic E-state index is -0.862. The number of para-hydroxylation sites is 1. The van der Waals surface area contributed by atoms with Gasteiger partial charge in [-0.05, 0) is 49.0 Å². The minimum Gasteiger partial charge on any atom is -0.486 e. The molecule has 6 heteroatoms. The third kappa shape index (κ3) is 5.67. The smallest absolute Gasteiger partial charge is 0.317 e. The molecular weight excluding hydrogens is 418 g/mol. The van der Waals surface area contributed by atoms with Crippen molar-refractivity contribution in [2.24, 2.45) is 0 Å². The van der Waals surface area contributed by atoms with Gasteiger partial charge in [-0.2, -0.15) is 0 Å². The molecule has 0 spiro atoms. The number of hydrogen-bond donors (Lipinski definition) is 1. The maximum atomic E-state index is 12.8. The fourth-order valence-electron chi connectivity index (χ4n) is 3.69. The number of furan rings is 1. The SMILES string of the molecule is CN(CCC(Oc1ccc(C(=O)c2cc3ccccc3o2)cc1)c1ccccc1)CC(=O)O. The van der Waals surface area contributed by atoms with Crippen LogP contribution in [0.15, 0.2) is 89.3 Å². The molecule has 1 atom stereocenters. The van der Waals surface area contributed by atoms with Crippen LogP contribution in [-0.4, -0.2) is 41.9 Å². The molecule has 168 valence electrons. The number of rotatable bonds is 10. The summed E-state index contributed by atoms with van der Waals surface area (Å²) in [4.78, 5) is 25.5. The standard InChI is InChI=1S/C27H25NO5/c1-28(18-26(29)30)16-15-24(19-7-3-2-4-8-19)32-22-13-11-20(12-14-22)27(31)25-17-21-9-5-6-10-23(21)33-25/h2-14,17,24H,15-16,18H2,1H3,(H,29,30). The first-order valence-corrected chi connectivity index (χ1v) is 10.7. The van der Waals surface area contributed by atoms with Crippen LogP contribution in [0.1, 0.15) is 34.2 Å². The van der Waals surface area contributed by atoms with Crippen molar-refractivity contribution in [1.29, 1.82) is 0 Å². The molecule has 0 radical (unpaired) electrons. The number of carbonyl (C=O) groups excluding carboxylic acids is 1. The first-order chi connectivity index (χ1) is 16.0. The quantitative estimate of drug-likeness (QED) is 0.340. The summed E-state index contributed by atoms with van der Waals surface area (Å²) < 4.78 is 11.9. The van der Waals surface area contributed by atoms with Crippen LogP contribution in [0.4, 0.5) is 0 Å². The molecule has 1 heterocycles. The molecule has 0 amide bonds. The third-order valence-corrected chi connectivity index (χ3v) is 5.39. The van der Waals surface area contributed by atoms with Gasteiger partial charge < -0.3 is 14.3 Å². The maximum absolute atomic E-state index is 12.8. The second-order valence-corrected chi connectivity index (χ2v) is 7.94. The second-order valence-electron chi connectivity index (χ2n) is 7.94. The van der Waals surface area contributed by atoms with Gasteiger partial charge in [-0.3, -0.25) is 14.5 Å². The molecule has 1 aromatic heterocycles. The van der Waals surface area contributed by atoms with Crippen molar-refractivity contribution < 1.29 is 23.8 Å². The predicted octanol–water partition coefficient (Wildman–Crippen LogP) is 5.19. The summed E-state index contributed by atoms with van der Waals surface area (Å²) in [6, 6.07) is 26.1. The van der Waals surface area contributed by atoms with Crippen molar-refractivity contribution in [3.8, 4) is 5.75 Å². The zero-order valence-electron chi connectivity index (χ0n) is 18.3. The molecule has 4 aromatic rings. The summed E-state index contributed by atoms with van der Waals surface area (Å²) in [5, 5.41) is 9.88. The van der Waals surface area contributed by atoms with Gasteiger partial charge in [0.25, 0.3) is 0 Å². The van der Waals surface area contributed by atoms with E-state index in [1.54, 1.807) is 42.3 Å². The van der Waals surface area contributed by atoms with Crippen LogP contribution in [0.2, 0.25) is 0 Å². The summed E-state index contributed by atoms with van der Waals surface area (Å²) in [6.45, 7) is 0.536. The number of carboxylic acids is 1. The number of ketones is 1. The first kappa shape index (κ1) is 22.3. The third-order valence-electron chi connectivity index (χ3n) is 5.39. The van der Waals surface area contributed by atoms with Gasteiger partial charge in [0.2, 0.25) is 5.78 Å². The van der Waals surface area contributed by atoms with Crippen molar-refractivity contribution in [2.45, 2.75) is 12.5 Å². The lowest BCUT2D eigenvalue weighted by Gasteiger charge is -2.22. The van der Waals surface area contributed by atoms with Crippen molar-refractivity contribution in [3.05, 3.63) is 102 Å². The van der Waals surface area contributed by atoms with Gasteiger partial charge in [-0.15, -0.1) is 0 Å². The molecule has 6 nitrogen and oxygen atoms in total. The van der Waals surface area contributed by atoms with Crippen LogP contribution in [-0.2, 0) is 4.79 Å². The average molecular weight is 443 g/mol. The van der Waals surface area contributed by atoms with E-state index in [2.05, 4.69) is 0 Å². The van der Waals surface area contributed by atoms with Gasteiger partial charge >= 0.3 is 5.97 Å². The van der Waals surface area contributed by atoms with Crippen molar-refractivity contribution in [1.82, 2.24) is 4.90 Å². The minimum absolute atomic E-state index is 0.0277. The molecule has 0 saturated heterocycles. The zero-order chi connectivity index (χ0) is 23.2. The topological polar surface area (TPSA) is 80.0 Å². The number of hydrogen-bond acceptors (Lipinski definition) is 5. The van der Waals surface area contributed by atoms with Crippen molar-refractivity contribution in [2.75, 3.05) is 20.1 Å². The largest absolute Gasteiger partial charge is 0.486 e. The fraction of sp³-hybridized carbons (Fsp3) is 0.185. The molecule has 33 heavy (non-hydrogen) atoms. The Kier molecular flexibility index (Phi) is 6.86. The lowest BCUT2D eigenvalue weighted by molar-refractivity contribution is -0.138. The van der Waals surface area contributed by atoms with Gasteiger partial charge in [0.05, 0.1) is 6.54 Å². The summed E-state index contributed by atoms with van der Waals surface area (Å²) in [7, 11) is 1.77. The van der Waals surface area contributed by atoms with Gasteiger partial charge in [0, 0.05) is 23.9 Å². The van der Waals surface area contributed by atoms with Crippen LogP contribution >= 0.6 is 0 Å². The number of carboxylic acid groups (broad SMARTS) is 1. The number of carbonyl (C=O) groups is 2. The summed E-state index contributed by atoms with van der Waals surface area (Å²) in [5.41, 5.74) is 2.20. The lowest BCUT2D eigenvalue weighted by Crippen LogP contribution is -2.28. The van der Waals surface area contributed by atoms with E-state index in [-0.39, 0.29) is 18.4 Å².